The molecular weight excluding hydrogens is 414 g/mol. The summed E-state index contributed by atoms with van der Waals surface area (Å²) in [5.74, 6) is -0.622. The molecular formula is C16H18ClN3O5S2. The van der Waals surface area contributed by atoms with Crippen molar-refractivity contribution < 1.29 is 22.4 Å². The molecule has 1 atom stereocenters. The Balaban J connectivity index is 1.56. The van der Waals surface area contributed by atoms with Gasteiger partial charge in [0.05, 0.1) is 10.6 Å². The molecule has 1 aliphatic rings. The molecule has 0 radical (unpaired) electrons. The zero-order chi connectivity index (χ0) is 19.6. The number of hydrogen-bond acceptors (Lipinski definition) is 6. The molecule has 0 unspecified atom stereocenters. The third kappa shape index (κ3) is 4.34. The van der Waals surface area contributed by atoms with Gasteiger partial charge in [-0.15, -0.1) is 11.3 Å². The third-order valence-electron chi connectivity index (χ3n) is 4.16. The van der Waals surface area contributed by atoms with Gasteiger partial charge in [0.15, 0.2) is 5.76 Å². The van der Waals surface area contributed by atoms with Crippen LogP contribution in [-0.4, -0.2) is 61.7 Å². The molecule has 2 aromatic rings. The second kappa shape index (κ2) is 8.01. The summed E-state index contributed by atoms with van der Waals surface area (Å²) >= 11 is 6.83. The van der Waals surface area contributed by atoms with Gasteiger partial charge >= 0.3 is 0 Å². The van der Waals surface area contributed by atoms with Gasteiger partial charge in [-0.25, -0.2) is 8.42 Å². The Hall–Kier alpha value is -1.88. The van der Waals surface area contributed by atoms with Crippen LogP contribution in [0, 0.1) is 0 Å². The fourth-order valence-corrected chi connectivity index (χ4v) is 5.78. The summed E-state index contributed by atoms with van der Waals surface area (Å²) in [5, 5.41) is 2.58. The van der Waals surface area contributed by atoms with Crippen molar-refractivity contribution >= 4 is 44.8 Å². The maximum Gasteiger partial charge on any atom is 0.287 e. The highest BCUT2D eigenvalue weighted by atomic mass is 35.5. The predicted molar refractivity (Wildman–Crippen MR) is 100 cm³/mol. The highest BCUT2D eigenvalue weighted by Gasteiger charge is 2.32. The standard InChI is InChI=1S/C16H18ClN3O5S2/c1-11(18-15(21)12-3-2-10-25-12)16(22)19-6-8-20(9-7-19)27(23,24)14-5-4-13(17)26-14/h2-5,10-11H,6-9H2,1H3,(H,18,21)/t11-/m1/s1. The fourth-order valence-electron chi connectivity index (χ4n) is 2.72. The van der Waals surface area contributed by atoms with Crippen molar-refractivity contribution in [1.29, 1.82) is 0 Å². The zero-order valence-electron chi connectivity index (χ0n) is 14.4. The number of carbonyl (C=O) groups is 2. The Morgan fingerprint density at radius 1 is 1.22 bits per heavy atom. The van der Waals surface area contributed by atoms with E-state index in [0.717, 1.165) is 11.3 Å². The maximum absolute atomic E-state index is 12.6. The fraction of sp³-hybridized carbons (Fsp3) is 0.375. The number of rotatable bonds is 5. The number of halogens is 1. The number of sulfonamides is 1. The van der Waals surface area contributed by atoms with E-state index in [0.29, 0.717) is 4.34 Å². The van der Waals surface area contributed by atoms with Crippen LogP contribution in [0.1, 0.15) is 17.5 Å². The summed E-state index contributed by atoms with van der Waals surface area (Å²) in [5.41, 5.74) is 0. The Labute approximate surface area is 165 Å². The Morgan fingerprint density at radius 3 is 2.48 bits per heavy atom. The minimum Gasteiger partial charge on any atom is -0.459 e. The van der Waals surface area contributed by atoms with Gasteiger partial charge in [0, 0.05) is 26.2 Å². The highest BCUT2D eigenvalue weighted by Crippen LogP contribution is 2.28. The van der Waals surface area contributed by atoms with Gasteiger partial charge in [-0.1, -0.05) is 11.6 Å². The lowest BCUT2D eigenvalue weighted by Gasteiger charge is -2.35. The monoisotopic (exact) mass is 431 g/mol. The first-order valence-corrected chi connectivity index (χ1v) is 10.8. The van der Waals surface area contributed by atoms with Crippen molar-refractivity contribution in [1.82, 2.24) is 14.5 Å². The molecule has 3 rings (SSSR count). The molecule has 1 N–H and O–H groups in total. The van der Waals surface area contributed by atoms with Crippen molar-refractivity contribution in [2.24, 2.45) is 0 Å². The van der Waals surface area contributed by atoms with Crippen LogP contribution in [-0.2, 0) is 14.8 Å². The van der Waals surface area contributed by atoms with E-state index < -0.39 is 22.0 Å². The summed E-state index contributed by atoms with van der Waals surface area (Å²) in [4.78, 5) is 26.0. The average molecular weight is 432 g/mol. The molecule has 0 aromatic carbocycles. The van der Waals surface area contributed by atoms with Crippen molar-refractivity contribution in [3.8, 4) is 0 Å². The molecule has 2 aromatic heterocycles. The molecule has 0 bridgehead atoms. The number of amides is 2. The lowest BCUT2D eigenvalue weighted by molar-refractivity contribution is -0.134. The zero-order valence-corrected chi connectivity index (χ0v) is 16.8. The number of furan rings is 1. The van der Waals surface area contributed by atoms with Gasteiger partial charge in [-0.05, 0) is 31.2 Å². The Kier molecular flexibility index (Phi) is 5.89. The first kappa shape index (κ1) is 19.9. The van der Waals surface area contributed by atoms with Gasteiger partial charge in [-0.2, -0.15) is 4.31 Å². The number of nitrogens with zero attached hydrogens (tertiary/aromatic N) is 2. The number of thiophene rings is 1. The number of piperazine rings is 1. The molecule has 1 fully saturated rings. The van der Waals surface area contributed by atoms with Crippen molar-refractivity contribution in [3.63, 3.8) is 0 Å². The molecule has 0 spiro atoms. The largest absolute Gasteiger partial charge is 0.459 e. The van der Waals surface area contributed by atoms with E-state index in [1.807, 2.05) is 0 Å². The van der Waals surface area contributed by atoms with Gasteiger partial charge in [-0.3, -0.25) is 9.59 Å². The molecule has 2 amide bonds. The van der Waals surface area contributed by atoms with E-state index in [2.05, 4.69) is 5.32 Å². The van der Waals surface area contributed by atoms with Crippen LogP contribution in [0.4, 0.5) is 0 Å². The topological polar surface area (TPSA) is 99.9 Å². The normalized spacial score (nSPS) is 16.9. The highest BCUT2D eigenvalue weighted by molar-refractivity contribution is 7.91. The lowest BCUT2D eigenvalue weighted by atomic mass is 10.2. The minimum absolute atomic E-state index is 0.125. The van der Waals surface area contributed by atoms with Crippen molar-refractivity contribution in [2.45, 2.75) is 17.2 Å². The van der Waals surface area contributed by atoms with Gasteiger partial charge in [0.1, 0.15) is 10.3 Å². The van der Waals surface area contributed by atoms with Crippen LogP contribution in [0.2, 0.25) is 4.34 Å². The van der Waals surface area contributed by atoms with Gasteiger partial charge in [0.25, 0.3) is 15.9 Å². The van der Waals surface area contributed by atoms with Crippen LogP contribution in [0.3, 0.4) is 0 Å². The van der Waals surface area contributed by atoms with E-state index in [1.54, 1.807) is 24.0 Å². The second-order valence-electron chi connectivity index (χ2n) is 5.96. The molecule has 146 valence electrons. The quantitative estimate of drug-likeness (QED) is 0.775. The van der Waals surface area contributed by atoms with Crippen molar-refractivity contribution in [2.75, 3.05) is 26.2 Å². The summed E-state index contributed by atoms with van der Waals surface area (Å²) < 4.78 is 32.1. The number of carbonyl (C=O) groups excluding carboxylic acids is 2. The van der Waals surface area contributed by atoms with Crippen LogP contribution in [0.25, 0.3) is 0 Å². The minimum atomic E-state index is -3.61. The average Bonchev–Trinajstić information content (AvgIpc) is 3.33. The Morgan fingerprint density at radius 2 is 1.93 bits per heavy atom. The molecule has 1 aliphatic heterocycles. The van der Waals surface area contributed by atoms with Crippen LogP contribution in [0.5, 0.6) is 0 Å². The number of nitrogens with one attached hydrogen (secondary N) is 1. The SMILES string of the molecule is C[C@@H](NC(=O)c1ccco1)C(=O)N1CCN(S(=O)(=O)c2ccc(Cl)s2)CC1. The maximum atomic E-state index is 12.6. The summed E-state index contributed by atoms with van der Waals surface area (Å²) in [6.07, 6.45) is 1.38. The summed E-state index contributed by atoms with van der Waals surface area (Å²) in [6.45, 7) is 2.45. The van der Waals surface area contributed by atoms with Crippen LogP contribution >= 0.6 is 22.9 Å². The van der Waals surface area contributed by atoms with Crippen LogP contribution < -0.4 is 5.32 Å². The Bertz CT molecular complexity index is 918. The molecule has 1 saturated heterocycles. The van der Waals surface area contributed by atoms with Gasteiger partial charge in [0.2, 0.25) is 5.91 Å². The smallest absolute Gasteiger partial charge is 0.287 e. The lowest BCUT2D eigenvalue weighted by Crippen LogP contribution is -2.55. The summed E-state index contributed by atoms with van der Waals surface area (Å²) in [7, 11) is -3.61. The van der Waals surface area contributed by atoms with Crippen LogP contribution in [0.15, 0.2) is 39.2 Å². The van der Waals surface area contributed by atoms with E-state index in [-0.39, 0.29) is 42.1 Å². The van der Waals surface area contributed by atoms with Gasteiger partial charge < -0.3 is 14.6 Å². The molecule has 11 heteroatoms. The first-order valence-electron chi connectivity index (χ1n) is 8.17. The van der Waals surface area contributed by atoms with E-state index >= 15 is 0 Å². The van der Waals surface area contributed by atoms with Crippen molar-refractivity contribution in [3.05, 3.63) is 40.6 Å². The second-order valence-corrected chi connectivity index (χ2v) is 9.84. The molecule has 0 aliphatic carbocycles. The number of hydrogen-bond donors (Lipinski definition) is 1. The third-order valence-corrected chi connectivity index (χ3v) is 7.75. The molecule has 27 heavy (non-hydrogen) atoms. The first-order chi connectivity index (χ1) is 12.8. The predicted octanol–water partition coefficient (Wildman–Crippen LogP) is 1.65. The van der Waals surface area contributed by atoms with E-state index in [9.17, 15) is 18.0 Å². The molecule has 0 saturated carbocycles. The molecule has 3 heterocycles. The van der Waals surface area contributed by atoms with E-state index in [4.69, 9.17) is 16.0 Å². The molecule has 8 nitrogen and oxygen atoms in total. The van der Waals surface area contributed by atoms with E-state index in [1.165, 1.54) is 22.7 Å². The summed E-state index contributed by atoms with van der Waals surface area (Å²) in [6, 6.07) is 5.37.